The van der Waals surface area contributed by atoms with Crippen LogP contribution in [-0.2, 0) is 13.8 Å². The second kappa shape index (κ2) is 8.95. The number of imidazole rings is 1. The third kappa shape index (κ3) is 4.40. The Morgan fingerprint density at radius 3 is 2.79 bits per heavy atom. The van der Waals surface area contributed by atoms with Gasteiger partial charge in [0, 0.05) is 17.6 Å². The molecular formula is C17H25N4O7P. The fraction of sp³-hybridized carbons (Fsp3) is 0.647. The Morgan fingerprint density at radius 2 is 2.14 bits per heavy atom. The standard InChI is InChI=1S/C17H25N4O7P/c1-3-5-11-10(4-2)6-7-18-16-13(11)19-9-21(16)17-15(23)14(22)12(28-17)8-27-29(25,26)20-24/h7,9,12,14-15,17,22-23H,3-6,8H2,1-2H3,(H,25,26)/t12-,14-,15+,17-/m1/s1. The lowest BCUT2D eigenvalue weighted by molar-refractivity contribution is -0.0493. The van der Waals surface area contributed by atoms with Gasteiger partial charge in [-0.1, -0.05) is 25.8 Å². The highest BCUT2D eigenvalue weighted by atomic mass is 31.2. The lowest BCUT2D eigenvalue weighted by Crippen LogP contribution is -2.33. The van der Waals surface area contributed by atoms with E-state index in [1.807, 2.05) is 4.95 Å². The summed E-state index contributed by atoms with van der Waals surface area (Å²) in [5.41, 5.74) is 3.08. The van der Waals surface area contributed by atoms with E-state index < -0.39 is 38.9 Å². The van der Waals surface area contributed by atoms with E-state index >= 15 is 0 Å². The number of rotatable bonds is 8. The molecule has 5 atom stereocenters. The summed E-state index contributed by atoms with van der Waals surface area (Å²) in [6.07, 6.45) is 1.72. The fourth-order valence-electron chi connectivity index (χ4n) is 3.61. The summed E-state index contributed by atoms with van der Waals surface area (Å²) < 4.78 is 23.0. The van der Waals surface area contributed by atoms with Gasteiger partial charge in [0.2, 0.25) is 0 Å². The van der Waals surface area contributed by atoms with Gasteiger partial charge in [0.1, 0.15) is 24.0 Å². The minimum Gasteiger partial charge on any atom is -0.387 e. The van der Waals surface area contributed by atoms with Gasteiger partial charge in [-0.05, 0) is 18.4 Å². The Morgan fingerprint density at radius 1 is 1.38 bits per heavy atom. The van der Waals surface area contributed by atoms with E-state index in [2.05, 4.69) is 28.3 Å². The Kier molecular flexibility index (Phi) is 6.77. The number of aromatic nitrogens is 2. The van der Waals surface area contributed by atoms with Crippen molar-refractivity contribution < 1.29 is 28.9 Å². The number of hydrogen-bond donors (Lipinski definition) is 3. The van der Waals surface area contributed by atoms with Crippen LogP contribution in [0.15, 0.2) is 21.8 Å². The largest absolute Gasteiger partial charge is 0.487 e. The maximum Gasteiger partial charge on any atom is 0.487 e. The molecule has 3 N–H and O–H groups in total. The van der Waals surface area contributed by atoms with Gasteiger partial charge < -0.3 is 19.8 Å². The molecule has 1 saturated heterocycles. The molecule has 3 rings (SSSR count). The maximum absolute atomic E-state index is 11.2. The summed E-state index contributed by atoms with van der Waals surface area (Å²) in [7, 11) is -4.66. The molecule has 1 fully saturated rings. The van der Waals surface area contributed by atoms with Gasteiger partial charge in [0.05, 0.1) is 12.9 Å². The van der Waals surface area contributed by atoms with Crippen molar-refractivity contribution in [1.82, 2.24) is 9.55 Å². The van der Waals surface area contributed by atoms with Crippen LogP contribution in [0.5, 0.6) is 0 Å². The van der Waals surface area contributed by atoms with E-state index in [9.17, 15) is 19.7 Å². The van der Waals surface area contributed by atoms with Gasteiger partial charge in [0.15, 0.2) is 12.0 Å². The molecule has 0 aromatic carbocycles. The molecule has 0 amide bonds. The molecule has 0 spiro atoms. The first kappa shape index (κ1) is 21.9. The van der Waals surface area contributed by atoms with E-state index in [1.54, 1.807) is 6.21 Å². The topological polar surface area (TPSA) is 156 Å². The van der Waals surface area contributed by atoms with E-state index in [4.69, 9.17) is 9.63 Å². The molecule has 0 radical (unpaired) electrons. The first-order valence-corrected chi connectivity index (χ1v) is 11.0. The Balaban J connectivity index is 1.88. The van der Waals surface area contributed by atoms with E-state index in [-0.39, 0.29) is 0 Å². The van der Waals surface area contributed by atoms with Crippen LogP contribution in [0.4, 0.5) is 5.82 Å². The zero-order chi connectivity index (χ0) is 21.2. The van der Waals surface area contributed by atoms with Crippen LogP contribution in [-0.4, -0.2) is 55.8 Å². The number of aliphatic imine (C=N–C) groups is 1. The predicted octanol–water partition coefficient (Wildman–Crippen LogP) is 2.46. The van der Waals surface area contributed by atoms with Gasteiger partial charge >= 0.3 is 7.75 Å². The zero-order valence-electron chi connectivity index (χ0n) is 16.2. The van der Waals surface area contributed by atoms with Crippen molar-refractivity contribution in [3.63, 3.8) is 0 Å². The Bertz CT molecular complexity index is 868. The number of aliphatic hydroxyl groups excluding tert-OH is 2. The number of allylic oxidation sites excluding steroid dienone is 2. The molecule has 1 aromatic heterocycles. The highest BCUT2D eigenvalue weighted by molar-refractivity contribution is 7.51. The average molecular weight is 428 g/mol. The molecule has 2 aliphatic rings. The van der Waals surface area contributed by atoms with Gasteiger partial charge in [-0.2, -0.15) is 0 Å². The minimum absolute atomic E-state index is 0.511. The van der Waals surface area contributed by atoms with E-state index in [0.29, 0.717) is 17.9 Å². The number of nitroso groups, excluding NO2 is 1. The van der Waals surface area contributed by atoms with Crippen LogP contribution in [0, 0.1) is 4.91 Å². The predicted molar refractivity (Wildman–Crippen MR) is 105 cm³/mol. The molecule has 11 nitrogen and oxygen atoms in total. The molecule has 0 aliphatic carbocycles. The molecule has 2 aliphatic heterocycles. The van der Waals surface area contributed by atoms with Crippen LogP contribution in [0.3, 0.4) is 0 Å². The van der Waals surface area contributed by atoms with Gasteiger partial charge in [-0.3, -0.25) is 9.09 Å². The first-order valence-electron chi connectivity index (χ1n) is 9.47. The Labute approximate surface area is 167 Å². The molecule has 1 unspecified atom stereocenters. The molecule has 29 heavy (non-hydrogen) atoms. The summed E-state index contributed by atoms with van der Waals surface area (Å²) in [6, 6.07) is 0. The number of nitrogens with zero attached hydrogens (tertiary/aromatic N) is 4. The van der Waals surface area contributed by atoms with Crippen molar-refractivity contribution in [1.29, 1.82) is 0 Å². The van der Waals surface area contributed by atoms with E-state index in [0.717, 1.165) is 24.8 Å². The lowest BCUT2D eigenvalue weighted by atomic mass is 9.97. The summed E-state index contributed by atoms with van der Waals surface area (Å²) in [5.74, 6) is 0.511. The lowest BCUT2D eigenvalue weighted by Gasteiger charge is -2.18. The SMILES string of the molecule is CCCC1=C(CC)CC=Nc2c1ncn2[C@@H]1O[C@H](COP(=O)(O)N=O)[C@@H](O)[C@@H]1O. The highest BCUT2D eigenvalue weighted by Crippen LogP contribution is 2.45. The third-order valence-electron chi connectivity index (χ3n) is 5.08. The van der Waals surface area contributed by atoms with Gasteiger partial charge in [0.25, 0.3) is 0 Å². The van der Waals surface area contributed by atoms with Crippen LogP contribution < -0.4 is 0 Å². The van der Waals surface area contributed by atoms with Crippen molar-refractivity contribution in [2.75, 3.05) is 6.61 Å². The summed E-state index contributed by atoms with van der Waals surface area (Å²) in [6.45, 7) is 3.58. The second-order valence-electron chi connectivity index (χ2n) is 6.94. The molecule has 160 valence electrons. The average Bonchev–Trinajstić information content (AvgIpc) is 3.18. The number of aliphatic hydroxyl groups is 2. The van der Waals surface area contributed by atoms with Crippen LogP contribution >= 0.6 is 7.75 Å². The van der Waals surface area contributed by atoms with Crippen LogP contribution in [0.1, 0.15) is 51.5 Å². The number of hydrogen-bond acceptors (Lipinski definition) is 8. The van der Waals surface area contributed by atoms with Gasteiger partial charge in [-0.25, -0.2) is 14.5 Å². The zero-order valence-corrected chi connectivity index (χ0v) is 17.1. The smallest absolute Gasteiger partial charge is 0.387 e. The van der Waals surface area contributed by atoms with Crippen molar-refractivity contribution >= 4 is 25.4 Å². The summed E-state index contributed by atoms with van der Waals surface area (Å²) >= 11 is 0. The van der Waals surface area contributed by atoms with Crippen molar-refractivity contribution in [3.05, 3.63) is 22.5 Å². The molecule has 0 saturated carbocycles. The molecule has 1 aromatic rings. The quantitative estimate of drug-likeness (QED) is 0.421. The van der Waals surface area contributed by atoms with Crippen molar-refractivity contribution in [2.45, 2.75) is 64.1 Å². The highest BCUT2D eigenvalue weighted by Gasteiger charge is 2.45. The maximum atomic E-state index is 11.2. The number of fused-ring (bicyclic) bond motifs is 1. The molecule has 3 heterocycles. The Hall–Kier alpha value is -1.75. The summed E-state index contributed by atoms with van der Waals surface area (Å²) in [5, 5.41) is 20.7. The van der Waals surface area contributed by atoms with Crippen molar-refractivity contribution in [2.24, 2.45) is 9.94 Å². The second-order valence-corrected chi connectivity index (χ2v) is 8.34. The molecular weight excluding hydrogens is 403 g/mol. The van der Waals surface area contributed by atoms with Crippen molar-refractivity contribution in [3.8, 4) is 0 Å². The van der Waals surface area contributed by atoms with Crippen LogP contribution in [0.25, 0.3) is 5.57 Å². The van der Waals surface area contributed by atoms with E-state index in [1.165, 1.54) is 16.5 Å². The minimum atomic E-state index is -4.66. The third-order valence-corrected chi connectivity index (χ3v) is 5.77. The van der Waals surface area contributed by atoms with Crippen LogP contribution in [0.2, 0.25) is 0 Å². The fourth-order valence-corrected chi connectivity index (χ4v) is 4.00. The monoisotopic (exact) mass is 428 g/mol. The normalized spacial score (nSPS) is 28.9. The summed E-state index contributed by atoms with van der Waals surface area (Å²) in [4.78, 5) is 30.4. The molecule has 0 bridgehead atoms. The van der Waals surface area contributed by atoms with Gasteiger partial charge in [-0.15, -0.1) is 4.91 Å². The number of ether oxygens (including phenoxy) is 1. The molecule has 12 heteroatoms. The first-order chi connectivity index (χ1) is 13.8.